The molecule has 1 aromatic carbocycles. The summed E-state index contributed by atoms with van der Waals surface area (Å²) >= 11 is 1.46. The Bertz CT molecular complexity index is 1190. The molecule has 210 valence electrons. The third kappa shape index (κ3) is 7.70. The summed E-state index contributed by atoms with van der Waals surface area (Å²) < 4.78 is 0. The Morgan fingerprint density at radius 3 is 2.37 bits per heavy atom. The number of allylic oxidation sites excluding steroid dienone is 1. The summed E-state index contributed by atoms with van der Waals surface area (Å²) in [6, 6.07) is 9.69. The Balaban J connectivity index is 0.00000280. The molecule has 0 radical (unpaired) electrons. The summed E-state index contributed by atoms with van der Waals surface area (Å²) in [5.41, 5.74) is 13.4. The van der Waals surface area contributed by atoms with Gasteiger partial charge >= 0.3 is 0 Å². The zero-order valence-corrected chi connectivity index (χ0v) is 23.7. The number of nitrogens with zero attached hydrogens (tertiary/aromatic N) is 5. The van der Waals surface area contributed by atoms with Crippen molar-refractivity contribution in [2.24, 2.45) is 22.4 Å². The van der Waals surface area contributed by atoms with Crippen molar-refractivity contribution in [1.82, 2.24) is 14.9 Å². The molecule has 4 rings (SSSR count). The summed E-state index contributed by atoms with van der Waals surface area (Å²) in [4.78, 5) is 32.2. The van der Waals surface area contributed by atoms with Gasteiger partial charge in [0, 0.05) is 64.3 Å². The van der Waals surface area contributed by atoms with E-state index in [2.05, 4.69) is 45.9 Å². The SMILES string of the molecule is CC(N)=CC(N)=Nc1cc(N2CCN(C(C)(C)C)CC2)nc(Sc2ccc(NC(=O)C3CCCC3)cc2)n1.[HH].[HH].[HH]. The highest BCUT2D eigenvalue weighted by atomic mass is 32.2. The fourth-order valence-corrected chi connectivity index (χ4v) is 5.58. The van der Waals surface area contributed by atoms with Gasteiger partial charge in [0.05, 0.1) is 0 Å². The first-order valence-electron chi connectivity index (χ1n) is 13.3. The number of amidine groups is 1. The van der Waals surface area contributed by atoms with E-state index < -0.39 is 0 Å². The smallest absolute Gasteiger partial charge is 0.227 e. The molecule has 2 aliphatic rings. The van der Waals surface area contributed by atoms with Crippen LogP contribution in [0.25, 0.3) is 0 Å². The van der Waals surface area contributed by atoms with E-state index in [4.69, 9.17) is 16.5 Å². The van der Waals surface area contributed by atoms with Crippen LogP contribution in [0.3, 0.4) is 0 Å². The number of piperazine rings is 1. The number of benzene rings is 1. The van der Waals surface area contributed by atoms with Gasteiger partial charge in [0.1, 0.15) is 11.7 Å². The van der Waals surface area contributed by atoms with Crippen molar-refractivity contribution < 1.29 is 9.07 Å². The van der Waals surface area contributed by atoms with Crippen LogP contribution in [0.2, 0.25) is 0 Å². The number of carbonyl (C=O) groups is 1. The monoisotopic (exact) mass is 542 g/mol. The summed E-state index contributed by atoms with van der Waals surface area (Å²) in [6.45, 7) is 12.2. The Morgan fingerprint density at radius 2 is 1.76 bits per heavy atom. The van der Waals surface area contributed by atoms with Crippen LogP contribution in [0.1, 0.15) is 57.7 Å². The predicted octanol–water partition coefficient (Wildman–Crippen LogP) is 5.27. The first-order valence-corrected chi connectivity index (χ1v) is 14.1. The highest BCUT2D eigenvalue weighted by molar-refractivity contribution is 7.99. The fourth-order valence-electron chi connectivity index (χ4n) is 4.81. The summed E-state index contributed by atoms with van der Waals surface area (Å²) in [6.07, 6.45) is 5.86. The van der Waals surface area contributed by atoms with Crippen LogP contribution in [-0.2, 0) is 4.79 Å². The largest absolute Gasteiger partial charge is 0.402 e. The highest BCUT2D eigenvalue weighted by Crippen LogP contribution is 2.31. The molecule has 9 nitrogen and oxygen atoms in total. The Hall–Kier alpha value is -3.11. The third-order valence-electron chi connectivity index (χ3n) is 6.91. The number of aromatic nitrogens is 2. The number of hydrogen-bond acceptors (Lipinski definition) is 8. The number of nitrogens with one attached hydrogen (secondary N) is 1. The lowest BCUT2D eigenvalue weighted by Crippen LogP contribution is -2.53. The minimum atomic E-state index is 0. The zero-order chi connectivity index (χ0) is 27.3. The van der Waals surface area contributed by atoms with E-state index in [9.17, 15) is 4.79 Å². The molecule has 1 aliphatic carbocycles. The normalized spacial score (nSPS) is 18.2. The molecule has 2 fully saturated rings. The van der Waals surface area contributed by atoms with E-state index in [0.29, 0.717) is 22.5 Å². The van der Waals surface area contributed by atoms with Gasteiger partial charge in [-0.25, -0.2) is 15.0 Å². The van der Waals surface area contributed by atoms with E-state index in [1.165, 1.54) is 11.8 Å². The molecule has 38 heavy (non-hydrogen) atoms. The van der Waals surface area contributed by atoms with Crippen molar-refractivity contribution >= 4 is 40.8 Å². The topological polar surface area (TPSA) is 126 Å². The van der Waals surface area contributed by atoms with Gasteiger partial charge in [-0.3, -0.25) is 9.69 Å². The van der Waals surface area contributed by atoms with Crippen molar-refractivity contribution in [1.29, 1.82) is 0 Å². The average molecular weight is 543 g/mol. The first-order chi connectivity index (χ1) is 18.1. The number of amides is 1. The lowest BCUT2D eigenvalue weighted by Gasteiger charge is -2.42. The van der Waals surface area contributed by atoms with Crippen molar-refractivity contribution in [2.75, 3.05) is 36.4 Å². The van der Waals surface area contributed by atoms with E-state index in [1.54, 1.807) is 13.0 Å². The number of carbonyl (C=O) groups excluding carboxylic acids is 1. The summed E-state index contributed by atoms with van der Waals surface area (Å²) in [5.74, 6) is 1.87. The van der Waals surface area contributed by atoms with Crippen molar-refractivity contribution in [2.45, 2.75) is 69.0 Å². The van der Waals surface area contributed by atoms with Crippen molar-refractivity contribution in [3.63, 3.8) is 0 Å². The minimum absolute atomic E-state index is 0. The zero-order valence-electron chi connectivity index (χ0n) is 22.9. The number of nitrogens with two attached hydrogens (primary N) is 2. The molecule has 0 spiro atoms. The van der Waals surface area contributed by atoms with Gasteiger partial charge in [0.25, 0.3) is 0 Å². The molecule has 0 atom stereocenters. The van der Waals surface area contributed by atoms with Crippen molar-refractivity contribution in [3.8, 4) is 0 Å². The van der Waals surface area contributed by atoms with Crippen LogP contribution < -0.4 is 21.7 Å². The average Bonchev–Trinajstić information content (AvgIpc) is 3.39. The Labute approximate surface area is 234 Å². The van der Waals surface area contributed by atoms with Crippen LogP contribution in [0, 0.1) is 5.92 Å². The van der Waals surface area contributed by atoms with Gasteiger partial charge in [0.2, 0.25) is 5.91 Å². The molecule has 5 N–H and O–H groups in total. The molecule has 2 aromatic rings. The maximum absolute atomic E-state index is 12.5. The molecule has 1 aliphatic heterocycles. The van der Waals surface area contributed by atoms with E-state index in [1.807, 2.05) is 30.3 Å². The maximum atomic E-state index is 12.5. The van der Waals surface area contributed by atoms with Crippen LogP contribution in [0.5, 0.6) is 0 Å². The van der Waals surface area contributed by atoms with Crippen LogP contribution in [0.4, 0.5) is 17.3 Å². The number of hydrogen-bond donors (Lipinski definition) is 3. The maximum Gasteiger partial charge on any atom is 0.227 e. The quantitative estimate of drug-likeness (QED) is 0.246. The molecule has 1 saturated carbocycles. The second-order valence-electron chi connectivity index (χ2n) is 11.0. The van der Waals surface area contributed by atoms with Crippen LogP contribution in [-0.4, -0.2) is 58.3 Å². The number of rotatable bonds is 7. The van der Waals surface area contributed by atoms with Crippen LogP contribution >= 0.6 is 11.8 Å². The minimum Gasteiger partial charge on any atom is -0.402 e. The standard InChI is InChI=1S/C28H40N8OS.3H2/c1-19(29)17-23(30)32-24-18-25(35-13-15-36(16-14-35)28(2,3)4)34-27(33-24)38-22-11-9-21(10-12-22)31-26(37)20-7-5-6-8-20;;;/h9-12,17-18,20H,5-8,13-16,29H2,1-4H3,(H,31,37)(H2,30,32,33,34);3*1H. The van der Waals surface area contributed by atoms with Gasteiger partial charge in [-0.2, -0.15) is 0 Å². The molecule has 1 aromatic heterocycles. The Kier molecular flexibility index (Phi) is 8.94. The van der Waals surface area contributed by atoms with Crippen LogP contribution in [0.15, 0.2) is 57.1 Å². The Morgan fingerprint density at radius 1 is 1.11 bits per heavy atom. The molecular weight excluding hydrogens is 496 g/mol. The van der Waals surface area contributed by atoms with Gasteiger partial charge in [-0.15, -0.1) is 0 Å². The molecule has 0 bridgehead atoms. The van der Waals surface area contributed by atoms with Gasteiger partial charge in [-0.1, -0.05) is 12.8 Å². The third-order valence-corrected chi connectivity index (χ3v) is 7.78. The van der Waals surface area contributed by atoms with E-state index >= 15 is 0 Å². The molecule has 10 heteroatoms. The predicted molar refractivity (Wildman–Crippen MR) is 162 cm³/mol. The van der Waals surface area contributed by atoms with Gasteiger partial charge in [-0.05, 0) is 82.6 Å². The molecular formula is C28H46N8OS. The van der Waals surface area contributed by atoms with Gasteiger partial charge in [0.15, 0.2) is 11.0 Å². The molecule has 0 unspecified atom stereocenters. The second-order valence-corrected chi connectivity index (χ2v) is 12.1. The number of aliphatic imine (C=N–C) groups is 1. The van der Waals surface area contributed by atoms with E-state index in [0.717, 1.165) is 68.3 Å². The van der Waals surface area contributed by atoms with E-state index in [-0.39, 0.29) is 21.6 Å². The lowest BCUT2D eigenvalue weighted by atomic mass is 10.1. The second kappa shape index (κ2) is 12.2. The number of anilines is 2. The first kappa shape index (κ1) is 27.9. The van der Waals surface area contributed by atoms with Crippen molar-refractivity contribution in [3.05, 3.63) is 42.1 Å². The summed E-state index contributed by atoms with van der Waals surface area (Å²) in [5, 5.41) is 3.64. The fraction of sp³-hybridized carbons (Fsp3) is 0.500. The lowest BCUT2D eigenvalue weighted by molar-refractivity contribution is -0.119. The van der Waals surface area contributed by atoms with Gasteiger partial charge < -0.3 is 21.7 Å². The molecule has 2 heterocycles. The molecule has 1 saturated heterocycles. The molecule has 1 amide bonds. The summed E-state index contributed by atoms with van der Waals surface area (Å²) in [7, 11) is 0. The highest BCUT2D eigenvalue weighted by Gasteiger charge is 2.27.